The van der Waals surface area contributed by atoms with Crippen LogP contribution in [0.3, 0.4) is 0 Å². The van der Waals surface area contributed by atoms with Gasteiger partial charge in [-0.15, -0.1) is 0 Å². The standard InChI is InChI=1S/C20H25N3O/c1-20(2,3)17-5-4-15-9-11-23(13-16(15)12-17)19(24)7-6-18-8-10-21-14-22-18/h4-5,8,10,12,14H,6-7,9,11,13H2,1-3H3. The summed E-state index contributed by atoms with van der Waals surface area (Å²) in [6.07, 6.45) is 5.38. The fraction of sp³-hybridized carbons (Fsp3) is 0.450. The van der Waals surface area contributed by atoms with E-state index in [4.69, 9.17) is 0 Å². The van der Waals surface area contributed by atoms with Gasteiger partial charge in [-0.05, 0) is 41.0 Å². The van der Waals surface area contributed by atoms with Crippen LogP contribution in [0.15, 0.2) is 36.8 Å². The van der Waals surface area contributed by atoms with Gasteiger partial charge >= 0.3 is 0 Å². The summed E-state index contributed by atoms with van der Waals surface area (Å²) >= 11 is 0. The Morgan fingerprint density at radius 3 is 2.75 bits per heavy atom. The van der Waals surface area contributed by atoms with E-state index >= 15 is 0 Å². The molecule has 0 saturated heterocycles. The second-order valence-corrected chi connectivity index (χ2v) is 7.50. The number of aromatic nitrogens is 2. The maximum Gasteiger partial charge on any atom is 0.223 e. The van der Waals surface area contributed by atoms with E-state index in [1.54, 1.807) is 6.20 Å². The highest BCUT2D eigenvalue weighted by molar-refractivity contribution is 5.76. The summed E-state index contributed by atoms with van der Waals surface area (Å²) in [6, 6.07) is 8.61. The van der Waals surface area contributed by atoms with Crippen molar-refractivity contribution in [2.75, 3.05) is 6.54 Å². The van der Waals surface area contributed by atoms with E-state index in [9.17, 15) is 4.79 Å². The van der Waals surface area contributed by atoms with Gasteiger partial charge < -0.3 is 4.90 Å². The summed E-state index contributed by atoms with van der Waals surface area (Å²) in [5.41, 5.74) is 5.06. The Labute approximate surface area is 143 Å². The number of carbonyl (C=O) groups is 1. The van der Waals surface area contributed by atoms with Crippen molar-refractivity contribution in [1.82, 2.24) is 14.9 Å². The first kappa shape index (κ1) is 16.6. The molecule has 0 atom stereocenters. The molecule has 4 nitrogen and oxygen atoms in total. The molecule has 1 aliphatic rings. The lowest BCUT2D eigenvalue weighted by Gasteiger charge is -2.30. The molecule has 1 aliphatic heterocycles. The number of amides is 1. The summed E-state index contributed by atoms with van der Waals surface area (Å²) in [5, 5.41) is 0. The van der Waals surface area contributed by atoms with Gasteiger partial charge in [0.05, 0.1) is 0 Å². The highest BCUT2D eigenvalue weighted by Crippen LogP contribution is 2.27. The number of fused-ring (bicyclic) bond motifs is 1. The molecule has 1 aromatic heterocycles. The third-order valence-electron chi connectivity index (χ3n) is 4.68. The highest BCUT2D eigenvalue weighted by atomic mass is 16.2. The molecule has 0 bridgehead atoms. The zero-order valence-electron chi connectivity index (χ0n) is 14.7. The Morgan fingerprint density at radius 1 is 1.21 bits per heavy atom. The first-order valence-corrected chi connectivity index (χ1v) is 8.58. The average molecular weight is 323 g/mol. The molecule has 0 spiro atoms. The molecule has 24 heavy (non-hydrogen) atoms. The van der Waals surface area contributed by atoms with Crippen molar-refractivity contribution in [2.45, 2.75) is 52.0 Å². The van der Waals surface area contributed by atoms with Gasteiger partial charge in [-0.25, -0.2) is 9.97 Å². The molecule has 0 unspecified atom stereocenters. The lowest BCUT2D eigenvalue weighted by Crippen LogP contribution is -2.36. The largest absolute Gasteiger partial charge is 0.338 e. The van der Waals surface area contributed by atoms with Gasteiger partial charge in [-0.3, -0.25) is 4.79 Å². The molecule has 126 valence electrons. The second kappa shape index (κ2) is 6.71. The number of nitrogens with zero attached hydrogens (tertiary/aromatic N) is 3. The van der Waals surface area contributed by atoms with Crippen LogP contribution >= 0.6 is 0 Å². The van der Waals surface area contributed by atoms with E-state index in [1.807, 2.05) is 11.0 Å². The number of benzene rings is 1. The van der Waals surface area contributed by atoms with Crippen LogP contribution in [-0.4, -0.2) is 27.3 Å². The smallest absolute Gasteiger partial charge is 0.223 e. The molecular weight excluding hydrogens is 298 g/mol. The summed E-state index contributed by atoms with van der Waals surface area (Å²) < 4.78 is 0. The minimum absolute atomic E-state index is 0.133. The van der Waals surface area contributed by atoms with Crippen LogP contribution in [0.1, 0.15) is 49.6 Å². The molecule has 0 N–H and O–H groups in total. The van der Waals surface area contributed by atoms with Crippen molar-refractivity contribution in [3.8, 4) is 0 Å². The molecule has 4 heteroatoms. The summed E-state index contributed by atoms with van der Waals surface area (Å²) in [4.78, 5) is 22.6. The summed E-state index contributed by atoms with van der Waals surface area (Å²) in [7, 11) is 0. The van der Waals surface area contributed by atoms with E-state index < -0.39 is 0 Å². The summed E-state index contributed by atoms with van der Waals surface area (Å²) in [5.74, 6) is 0.209. The van der Waals surface area contributed by atoms with Crippen LogP contribution in [0.5, 0.6) is 0 Å². The monoisotopic (exact) mass is 323 g/mol. The molecule has 0 aliphatic carbocycles. The number of rotatable bonds is 3. The Balaban J connectivity index is 1.66. The highest BCUT2D eigenvalue weighted by Gasteiger charge is 2.22. The zero-order valence-corrected chi connectivity index (χ0v) is 14.7. The molecule has 0 saturated carbocycles. The van der Waals surface area contributed by atoms with Gasteiger partial charge in [0.2, 0.25) is 5.91 Å². The van der Waals surface area contributed by atoms with E-state index in [1.165, 1.54) is 23.0 Å². The van der Waals surface area contributed by atoms with E-state index in [2.05, 4.69) is 48.9 Å². The van der Waals surface area contributed by atoms with Crippen LogP contribution in [0.25, 0.3) is 0 Å². The molecule has 0 fully saturated rings. The maximum atomic E-state index is 12.5. The third kappa shape index (κ3) is 3.81. The summed E-state index contributed by atoms with van der Waals surface area (Å²) in [6.45, 7) is 8.21. The van der Waals surface area contributed by atoms with Gasteiger partial charge in [0, 0.05) is 31.4 Å². The zero-order chi connectivity index (χ0) is 17.2. The van der Waals surface area contributed by atoms with Crippen molar-refractivity contribution in [2.24, 2.45) is 0 Å². The van der Waals surface area contributed by atoms with E-state index in [0.717, 1.165) is 25.2 Å². The first-order chi connectivity index (χ1) is 11.4. The number of carbonyl (C=O) groups excluding carboxylic acids is 1. The van der Waals surface area contributed by atoms with Crippen LogP contribution in [0.2, 0.25) is 0 Å². The Morgan fingerprint density at radius 2 is 2.04 bits per heavy atom. The van der Waals surface area contributed by atoms with Crippen molar-refractivity contribution in [3.63, 3.8) is 0 Å². The molecular formula is C20H25N3O. The number of aryl methyl sites for hydroxylation is 1. The van der Waals surface area contributed by atoms with Crippen molar-refractivity contribution in [3.05, 3.63) is 59.2 Å². The average Bonchev–Trinajstić information content (AvgIpc) is 2.59. The van der Waals surface area contributed by atoms with E-state index in [-0.39, 0.29) is 11.3 Å². The van der Waals surface area contributed by atoms with Crippen LogP contribution < -0.4 is 0 Å². The van der Waals surface area contributed by atoms with Crippen LogP contribution in [0.4, 0.5) is 0 Å². The molecule has 0 radical (unpaired) electrons. The Kier molecular flexibility index (Phi) is 4.65. The molecule has 3 rings (SSSR count). The Hall–Kier alpha value is -2.23. The third-order valence-corrected chi connectivity index (χ3v) is 4.68. The van der Waals surface area contributed by atoms with Crippen LogP contribution in [-0.2, 0) is 29.6 Å². The molecule has 1 aromatic carbocycles. The van der Waals surface area contributed by atoms with Gasteiger partial charge in [0.1, 0.15) is 6.33 Å². The van der Waals surface area contributed by atoms with Gasteiger partial charge in [-0.1, -0.05) is 39.0 Å². The molecule has 2 heterocycles. The first-order valence-electron chi connectivity index (χ1n) is 8.58. The van der Waals surface area contributed by atoms with Crippen LogP contribution in [0, 0.1) is 0 Å². The van der Waals surface area contributed by atoms with Gasteiger partial charge in [0.15, 0.2) is 0 Å². The fourth-order valence-corrected chi connectivity index (χ4v) is 3.10. The van der Waals surface area contributed by atoms with Crippen molar-refractivity contribution in [1.29, 1.82) is 0 Å². The normalized spacial score (nSPS) is 14.4. The minimum Gasteiger partial charge on any atom is -0.338 e. The predicted molar refractivity (Wildman–Crippen MR) is 94.6 cm³/mol. The quantitative estimate of drug-likeness (QED) is 0.871. The second-order valence-electron chi connectivity index (χ2n) is 7.50. The molecule has 1 amide bonds. The van der Waals surface area contributed by atoms with Gasteiger partial charge in [-0.2, -0.15) is 0 Å². The van der Waals surface area contributed by atoms with Gasteiger partial charge in [0.25, 0.3) is 0 Å². The Bertz CT molecular complexity index is 719. The van der Waals surface area contributed by atoms with Crippen molar-refractivity contribution < 1.29 is 4.79 Å². The lowest BCUT2D eigenvalue weighted by molar-refractivity contribution is -0.132. The lowest BCUT2D eigenvalue weighted by atomic mass is 9.84. The minimum atomic E-state index is 0.133. The predicted octanol–water partition coefficient (Wildman–Crippen LogP) is 3.29. The topological polar surface area (TPSA) is 46.1 Å². The number of hydrogen-bond acceptors (Lipinski definition) is 3. The fourth-order valence-electron chi connectivity index (χ4n) is 3.10. The number of hydrogen-bond donors (Lipinski definition) is 0. The SMILES string of the molecule is CC(C)(C)c1ccc2c(c1)CN(C(=O)CCc1ccncn1)CC2. The van der Waals surface area contributed by atoms with E-state index in [0.29, 0.717) is 12.8 Å². The van der Waals surface area contributed by atoms with Crippen molar-refractivity contribution >= 4 is 5.91 Å². The molecule has 2 aromatic rings. The maximum absolute atomic E-state index is 12.5.